The van der Waals surface area contributed by atoms with E-state index in [1.807, 2.05) is 20.8 Å². The lowest BCUT2D eigenvalue weighted by molar-refractivity contribution is -0.386. The Balaban J connectivity index is 3.38. The first-order valence-corrected chi connectivity index (χ1v) is 8.83. The Morgan fingerprint density at radius 2 is 1.95 bits per heavy atom. The van der Waals surface area contributed by atoms with Gasteiger partial charge in [0.15, 0.2) is 9.84 Å². The van der Waals surface area contributed by atoms with Crippen LogP contribution >= 0.6 is 0 Å². The topological polar surface area (TPSA) is 89.3 Å². The van der Waals surface area contributed by atoms with Crippen LogP contribution in [0.2, 0.25) is 0 Å². The molecule has 1 aromatic carbocycles. The highest BCUT2D eigenvalue weighted by atomic mass is 32.2. The second-order valence-corrected chi connectivity index (χ2v) is 7.13. The van der Waals surface area contributed by atoms with Crippen LogP contribution in [-0.2, 0) is 9.84 Å². The molecule has 1 rings (SSSR count). The zero-order chi connectivity index (χ0) is 16.2. The minimum absolute atomic E-state index is 0.0242. The molecule has 0 radical (unpaired) electrons. The Bertz CT molecular complexity index is 613. The van der Waals surface area contributed by atoms with Gasteiger partial charge in [0, 0.05) is 29.8 Å². The van der Waals surface area contributed by atoms with Crippen molar-refractivity contribution in [2.75, 3.05) is 12.8 Å². The number of benzene rings is 1. The molecule has 0 heterocycles. The van der Waals surface area contributed by atoms with Crippen LogP contribution in [0, 0.1) is 10.1 Å². The molecule has 2 unspecified atom stereocenters. The highest BCUT2D eigenvalue weighted by Gasteiger charge is 2.26. The summed E-state index contributed by atoms with van der Waals surface area (Å²) in [6, 6.07) is 4.24. The number of hydrogen-bond donors (Lipinski definition) is 1. The molecule has 2 atom stereocenters. The fourth-order valence-electron chi connectivity index (χ4n) is 2.53. The minimum atomic E-state index is -3.46. The lowest BCUT2D eigenvalue weighted by Crippen LogP contribution is -2.32. The predicted octanol–water partition coefficient (Wildman–Crippen LogP) is 2.49. The molecular formula is C14H22N2O4S. The summed E-state index contributed by atoms with van der Waals surface area (Å²) in [5, 5.41) is 14.6. The molecule has 1 aromatic rings. The van der Waals surface area contributed by atoms with E-state index in [9.17, 15) is 18.5 Å². The molecule has 0 fully saturated rings. The Morgan fingerprint density at radius 3 is 2.38 bits per heavy atom. The molecule has 0 amide bonds. The first-order chi connectivity index (χ1) is 9.72. The molecule has 7 heteroatoms. The number of hydrogen-bond acceptors (Lipinski definition) is 5. The van der Waals surface area contributed by atoms with Crippen molar-refractivity contribution < 1.29 is 13.3 Å². The average Bonchev–Trinajstić information content (AvgIpc) is 2.38. The van der Waals surface area contributed by atoms with Crippen molar-refractivity contribution in [3.8, 4) is 0 Å². The standard InChI is InChI=1S/C14H22N2O4S/c1-5-12(10(3)15-6-2)13-8-7-11(21(4,19)20)9-14(13)16(17)18/h7-10,12,15H,5-6H2,1-4H3. The molecular weight excluding hydrogens is 292 g/mol. The highest BCUT2D eigenvalue weighted by molar-refractivity contribution is 7.90. The molecule has 0 aliphatic carbocycles. The largest absolute Gasteiger partial charge is 0.314 e. The van der Waals surface area contributed by atoms with Crippen molar-refractivity contribution >= 4 is 15.5 Å². The van der Waals surface area contributed by atoms with Crippen LogP contribution in [0.5, 0.6) is 0 Å². The maximum atomic E-state index is 11.6. The fraction of sp³-hybridized carbons (Fsp3) is 0.571. The summed E-state index contributed by atoms with van der Waals surface area (Å²) in [6.07, 6.45) is 1.78. The zero-order valence-electron chi connectivity index (χ0n) is 12.8. The highest BCUT2D eigenvalue weighted by Crippen LogP contribution is 2.33. The summed E-state index contributed by atoms with van der Waals surface area (Å²) in [4.78, 5) is 10.8. The number of rotatable bonds is 7. The van der Waals surface area contributed by atoms with Crippen LogP contribution in [-0.4, -0.2) is 32.2 Å². The third-order valence-electron chi connectivity index (χ3n) is 3.60. The van der Waals surface area contributed by atoms with Gasteiger partial charge in [0.05, 0.1) is 9.82 Å². The van der Waals surface area contributed by atoms with Gasteiger partial charge in [-0.1, -0.05) is 19.9 Å². The van der Waals surface area contributed by atoms with E-state index in [0.717, 1.165) is 25.3 Å². The van der Waals surface area contributed by atoms with Crippen molar-refractivity contribution in [1.82, 2.24) is 5.32 Å². The second kappa shape index (κ2) is 7.00. The van der Waals surface area contributed by atoms with Crippen LogP contribution in [0.1, 0.15) is 38.7 Å². The SMILES string of the molecule is CCNC(C)C(CC)c1ccc(S(C)(=O)=O)cc1[N+](=O)[O-]. The van der Waals surface area contributed by atoms with Gasteiger partial charge >= 0.3 is 0 Å². The van der Waals surface area contributed by atoms with E-state index in [4.69, 9.17) is 0 Å². The smallest absolute Gasteiger partial charge is 0.274 e. The zero-order valence-corrected chi connectivity index (χ0v) is 13.6. The van der Waals surface area contributed by atoms with E-state index in [1.165, 1.54) is 6.07 Å². The van der Waals surface area contributed by atoms with Crippen LogP contribution < -0.4 is 5.32 Å². The van der Waals surface area contributed by atoms with Gasteiger partial charge in [-0.2, -0.15) is 0 Å². The molecule has 118 valence electrons. The van der Waals surface area contributed by atoms with E-state index in [2.05, 4.69) is 5.32 Å². The maximum absolute atomic E-state index is 11.6. The molecule has 21 heavy (non-hydrogen) atoms. The second-order valence-electron chi connectivity index (χ2n) is 5.11. The normalized spacial score (nSPS) is 14.7. The van der Waals surface area contributed by atoms with Crippen molar-refractivity contribution in [1.29, 1.82) is 0 Å². The van der Waals surface area contributed by atoms with Crippen molar-refractivity contribution in [3.63, 3.8) is 0 Å². The Hall–Kier alpha value is -1.47. The monoisotopic (exact) mass is 314 g/mol. The first kappa shape index (κ1) is 17.6. The van der Waals surface area contributed by atoms with Crippen LogP contribution in [0.3, 0.4) is 0 Å². The number of likely N-dealkylation sites (N-methyl/N-ethyl adjacent to an activating group) is 1. The van der Waals surface area contributed by atoms with E-state index < -0.39 is 14.8 Å². The molecule has 1 N–H and O–H groups in total. The summed E-state index contributed by atoms with van der Waals surface area (Å²) >= 11 is 0. The van der Waals surface area contributed by atoms with E-state index in [-0.39, 0.29) is 22.5 Å². The van der Waals surface area contributed by atoms with Crippen LogP contribution in [0.15, 0.2) is 23.1 Å². The lowest BCUT2D eigenvalue weighted by atomic mass is 9.89. The van der Waals surface area contributed by atoms with Gasteiger partial charge < -0.3 is 5.32 Å². The summed E-state index contributed by atoms with van der Waals surface area (Å²) in [7, 11) is -3.46. The molecule has 0 aliphatic rings. The number of nitro benzene ring substituents is 1. The number of sulfone groups is 1. The molecule has 0 aromatic heterocycles. The average molecular weight is 314 g/mol. The molecule has 0 bridgehead atoms. The Morgan fingerprint density at radius 1 is 1.33 bits per heavy atom. The predicted molar refractivity (Wildman–Crippen MR) is 82.4 cm³/mol. The molecule has 0 aliphatic heterocycles. The number of nitrogens with zero attached hydrogens (tertiary/aromatic N) is 1. The summed E-state index contributed by atoms with van der Waals surface area (Å²) < 4.78 is 23.1. The summed E-state index contributed by atoms with van der Waals surface area (Å²) in [5.74, 6) is -0.0426. The summed E-state index contributed by atoms with van der Waals surface area (Å²) in [5.41, 5.74) is 0.442. The van der Waals surface area contributed by atoms with Gasteiger partial charge in [-0.3, -0.25) is 10.1 Å². The van der Waals surface area contributed by atoms with Gasteiger partial charge in [0.2, 0.25) is 0 Å². The van der Waals surface area contributed by atoms with Gasteiger partial charge in [0.25, 0.3) is 5.69 Å². The van der Waals surface area contributed by atoms with Gasteiger partial charge in [-0.05, 0) is 26.0 Å². The minimum Gasteiger partial charge on any atom is -0.314 e. The third kappa shape index (κ3) is 4.25. The molecule has 0 spiro atoms. The number of nitrogens with one attached hydrogen (secondary N) is 1. The maximum Gasteiger partial charge on any atom is 0.274 e. The van der Waals surface area contributed by atoms with E-state index in [0.29, 0.717) is 5.56 Å². The van der Waals surface area contributed by atoms with Gasteiger partial charge in [0.1, 0.15) is 0 Å². The number of nitro groups is 1. The third-order valence-corrected chi connectivity index (χ3v) is 4.71. The molecule has 6 nitrogen and oxygen atoms in total. The van der Waals surface area contributed by atoms with E-state index >= 15 is 0 Å². The Kier molecular flexibility index (Phi) is 5.86. The van der Waals surface area contributed by atoms with Gasteiger partial charge in [-0.25, -0.2) is 8.42 Å². The van der Waals surface area contributed by atoms with Gasteiger partial charge in [-0.15, -0.1) is 0 Å². The lowest BCUT2D eigenvalue weighted by Gasteiger charge is -2.23. The molecule has 0 saturated heterocycles. The summed E-state index contributed by atoms with van der Waals surface area (Å²) in [6.45, 7) is 6.69. The van der Waals surface area contributed by atoms with Crippen molar-refractivity contribution in [2.45, 2.75) is 44.0 Å². The van der Waals surface area contributed by atoms with Crippen LogP contribution in [0.4, 0.5) is 5.69 Å². The van der Waals surface area contributed by atoms with Crippen molar-refractivity contribution in [2.24, 2.45) is 0 Å². The first-order valence-electron chi connectivity index (χ1n) is 6.94. The van der Waals surface area contributed by atoms with Crippen LogP contribution in [0.25, 0.3) is 0 Å². The van der Waals surface area contributed by atoms with Crippen molar-refractivity contribution in [3.05, 3.63) is 33.9 Å². The van der Waals surface area contributed by atoms with E-state index in [1.54, 1.807) is 6.07 Å². The Labute approximate surface area is 125 Å². The molecule has 0 saturated carbocycles. The fourth-order valence-corrected chi connectivity index (χ4v) is 3.17. The quantitative estimate of drug-likeness (QED) is 0.617.